The van der Waals surface area contributed by atoms with Crippen molar-refractivity contribution >= 4 is 44.5 Å². The normalized spacial score (nSPS) is 14.7. The molecular formula is C24H28BrN5O2. The van der Waals surface area contributed by atoms with Crippen LogP contribution in [0.5, 0.6) is 0 Å². The lowest BCUT2D eigenvalue weighted by molar-refractivity contribution is 0.246. The van der Waals surface area contributed by atoms with Gasteiger partial charge in [0.25, 0.3) is 5.56 Å². The summed E-state index contributed by atoms with van der Waals surface area (Å²) in [5.41, 5.74) is 2.40. The van der Waals surface area contributed by atoms with E-state index in [1.54, 1.807) is 0 Å². The minimum atomic E-state index is -0.214. The Balaban J connectivity index is 1.43. The number of rotatable bonds is 5. The molecule has 0 saturated carbocycles. The van der Waals surface area contributed by atoms with Gasteiger partial charge in [-0.2, -0.15) is 0 Å². The average molecular weight is 498 g/mol. The van der Waals surface area contributed by atoms with Crippen LogP contribution in [0.25, 0.3) is 11.0 Å². The van der Waals surface area contributed by atoms with E-state index in [-0.39, 0.29) is 17.6 Å². The van der Waals surface area contributed by atoms with E-state index in [0.29, 0.717) is 31.4 Å². The number of fused-ring (bicyclic) bond motifs is 1. The smallest absolute Gasteiger partial charge is 0.319 e. The molecule has 0 spiro atoms. The molecule has 1 aliphatic rings. The van der Waals surface area contributed by atoms with Gasteiger partial charge in [0.2, 0.25) is 0 Å². The van der Waals surface area contributed by atoms with E-state index in [2.05, 4.69) is 45.3 Å². The lowest BCUT2D eigenvalue weighted by Crippen LogP contribution is -2.47. The quantitative estimate of drug-likeness (QED) is 0.539. The number of piperidine rings is 1. The lowest BCUT2D eigenvalue weighted by Gasteiger charge is -2.33. The summed E-state index contributed by atoms with van der Waals surface area (Å²) in [7, 11) is 0. The second kappa shape index (κ2) is 9.73. The molecular weight excluding hydrogens is 470 g/mol. The van der Waals surface area contributed by atoms with Crippen LogP contribution in [0, 0.1) is 5.92 Å². The molecule has 3 aromatic rings. The van der Waals surface area contributed by atoms with Crippen LogP contribution in [-0.4, -0.2) is 34.7 Å². The van der Waals surface area contributed by atoms with Gasteiger partial charge in [0.15, 0.2) is 5.82 Å². The first kappa shape index (κ1) is 22.3. The van der Waals surface area contributed by atoms with Crippen molar-refractivity contribution in [3.63, 3.8) is 0 Å². The van der Waals surface area contributed by atoms with Crippen LogP contribution in [0.4, 0.5) is 16.3 Å². The summed E-state index contributed by atoms with van der Waals surface area (Å²) in [6.45, 7) is 6.22. The first-order chi connectivity index (χ1) is 15.4. The number of amides is 2. The Bertz CT molecular complexity index is 1150. The van der Waals surface area contributed by atoms with Crippen molar-refractivity contribution in [2.24, 2.45) is 5.92 Å². The molecule has 1 fully saturated rings. The fourth-order valence-electron chi connectivity index (χ4n) is 4.05. The molecule has 168 valence electrons. The number of hydrogen-bond donors (Lipinski definition) is 2. The summed E-state index contributed by atoms with van der Waals surface area (Å²) in [6.07, 6.45) is 1.51. The standard InChI is InChI=1S/C24H28BrN5O2/c1-16(2)15-30-21-6-4-3-5-20(21)28-22(23(30)31)29-13-11-19(12-14-29)27-24(32)26-18-9-7-17(25)8-10-18/h3-10,16,19H,11-15H2,1-2H3,(H2,26,27,32). The van der Waals surface area contributed by atoms with Crippen LogP contribution in [0.1, 0.15) is 26.7 Å². The van der Waals surface area contributed by atoms with E-state index in [1.807, 2.05) is 53.1 Å². The highest BCUT2D eigenvalue weighted by Crippen LogP contribution is 2.20. The van der Waals surface area contributed by atoms with Gasteiger partial charge in [0.1, 0.15) is 0 Å². The number of nitrogens with zero attached hydrogens (tertiary/aromatic N) is 3. The van der Waals surface area contributed by atoms with Gasteiger partial charge in [-0.05, 0) is 55.2 Å². The van der Waals surface area contributed by atoms with E-state index < -0.39 is 0 Å². The summed E-state index contributed by atoms with van der Waals surface area (Å²) in [5.74, 6) is 0.854. The molecule has 0 aliphatic carbocycles. The molecule has 2 amide bonds. The molecule has 2 heterocycles. The molecule has 32 heavy (non-hydrogen) atoms. The van der Waals surface area contributed by atoms with Crippen molar-refractivity contribution in [3.05, 3.63) is 63.4 Å². The number of urea groups is 1. The van der Waals surface area contributed by atoms with Crippen molar-refractivity contribution in [2.75, 3.05) is 23.3 Å². The minimum absolute atomic E-state index is 0.0446. The Morgan fingerprint density at radius 2 is 1.81 bits per heavy atom. The van der Waals surface area contributed by atoms with Crippen LogP contribution >= 0.6 is 15.9 Å². The molecule has 0 atom stereocenters. The Hall–Kier alpha value is -2.87. The Kier molecular flexibility index (Phi) is 6.79. The number of anilines is 2. The fourth-order valence-corrected chi connectivity index (χ4v) is 4.32. The average Bonchev–Trinajstić information content (AvgIpc) is 2.77. The van der Waals surface area contributed by atoms with Crippen LogP contribution in [0.15, 0.2) is 57.8 Å². The van der Waals surface area contributed by atoms with Gasteiger partial charge in [-0.15, -0.1) is 0 Å². The fraction of sp³-hybridized carbons (Fsp3) is 0.375. The Morgan fingerprint density at radius 1 is 1.12 bits per heavy atom. The molecule has 1 aromatic heterocycles. The number of benzene rings is 2. The topological polar surface area (TPSA) is 79.3 Å². The van der Waals surface area contributed by atoms with E-state index >= 15 is 0 Å². The van der Waals surface area contributed by atoms with Crippen molar-refractivity contribution < 1.29 is 4.79 Å². The molecule has 1 saturated heterocycles. The van der Waals surface area contributed by atoms with Crippen molar-refractivity contribution in [2.45, 2.75) is 39.3 Å². The molecule has 2 N–H and O–H groups in total. The Morgan fingerprint density at radius 3 is 2.50 bits per heavy atom. The first-order valence-electron chi connectivity index (χ1n) is 11.0. The van der Waals surface area contributed by atoms with Crippen LogP contribution in [-0.2, 0) is 6.54 Å². The van der Waals surface area contributed by atoms with E-state index in [0.717, 1.165) is 34.0 Å². The van der Waals surface area contributed by atoms with Crippen LogP contribution in [0.2, 0.25) is 0 Å². The highest BCUT2D eigenvalue weighted by atomic mass is 79.9. The third-order valence-corrected chi connectivity index (χ3v) is 6.14. The molecule has 2 aromatic carbocycles. The van der Waals surface area contributed by atoms with Crippen molar-refractivity contribution in [1.82, 2.24) is 14.9 Å². The van der Waals surface area contributed by atoms with Gasteiger partial charge >= 0.3 is 6.03 Å². The summed E-state index contributed by atoms with van der Waals surface area (Å²) < 4.78 is 2.81. The number of carbonyl (C=O) groups excluding carboxylic acids is 1. The second-order valence-electron chi connectivity index (χ2n) is 8.60. The number of hydrogen-bond acceptors (Lipinski definition) is 4. The van der Waals surface area contributed by atoms with Gasteiger partial charge in [0.05, 0.1) is 11.0 Å². The summed E-state index contributed by atoms with van der Waals surface area (Å²) in [4.78, 5) is 32.4. The molecule has 0 bridgehead atoms. The molecule has 0 unspecified atom stereocenters. The highest BCUT2D eigenvalue weighted by molar-refractivity contribution is 9.10. The zero-order valence-electron chi connectivity index (χ0n) is 18.3. The number of halogens is 1. The summed E-state index contributed by atoms with van der Waals surface area (Å²) >= 11 is 3.39. The zero-order chi connectivity index (χ0) is 22.7. The SMILES string of the molecule is CC(C)Cn1c(=O)c(N2CCC(NC(=O)Nc3ccc(Br)cc3)CC2)nc2ccccc21. The van der Waals surface area contributed by atoms with Gasteiger partial charge in [-0.25, -0.2) is 9.78 Å². The number of aromatic nitrogens is 2. The molecule has 4 rings (SSSR count). The molecule has 8 heteroatoms. The van der Waals surface area contributed by atoms with E-state index in [4.69, 9.17) is 4.98 Å². The number of carbonyl (C=O) groups is 1. The van der Waals surface area contributed by atoms with Gasteiger partial charge in [0, 0.05) is 35.8 Å². The number of nitrogens with one attached hydrogen (secondary N) is 2. The summed E-state index contributed by atoms with van der Waals surface area (Å²) in [5, 5.41) is 5.91. The zero-order valence-corrected chi connectivity index (χ0v) is 19.9. The van der Waals surface area contributed by atoms with E-state index in [1.165, 1.54) is 0 Å². The third kappa shape index (κ3) is 5.12. The highest BCUT2D eigenvalue weighted by Gasteiger charge is 2.24. The number of para-hydroxylation sites is 2. The largest absolute Gasteiger partial charge is 0.352 e. The minimum Gasteiger partial charge on any atom is -0.352 e. The predicted octanol–water partition coefficient (Wildman–Crippen LogP) is 4.61. The maximum atomic E-state index is 13.3. The van der Waals surface area contributed by atoms with Crippen LogP contribution in [0.3, 0.4) is 0 Å². The maximum absolute atomic E-state index is 13.3. The second-order valence-corrected chi connectivity index (χ2v) is 9.52. The van der Waals surface area contributed by atoms with Crippen molar-refractivity contribution in [3.8, 4) is 0 Å². The lowest BCUT2D eigenvalue weighted by atomic mass is 10.1. The maximum Gasteiger partial charge on any atom is 0.319 e. The monoisotopic (exact) mass is 497 g/mol. The summed E-state index contributed by atoms with van der Waals surface area (Å²) in [6, 6.07) is 15.1. The first-order valence-corrected chi connectivity index (χ1v) is 11.8. The molecule has 1 aliphatic heterocycles. The van der Waals surface area contributed by atoms with Gasteiger partial charge in [-0.3, -0.25) is 4.79 Å². The van der Waals surface area contributed by atoms with Gasteiger partial charge < -0.3 is 20.1 Å². The van der Waals surface area contributed by atoms with Crippen LogP contribution < -0.4 is 21.1 Å². The Labute approximate surface area is 196 Å². The molecule has 0 radical (unpaired) electrons. The predicted molar refractivity (Wildman–Crippen MR) is 132 cm³/mol. The van der Waals surface area contributed by atoms with Gasteiger partial charge in [-0.1, -0.05) is 41.9 Å². The third-order valence-electron chi connectivity index (χ3n) is 5.61. The molecule has 7 nitrogen and oxygen atoms in total. The van der Waals surface area contributed by atoms with E-state index in [9.17, 15) is 9.59 Å². The van der Waals surface area contributed by atoms with Crippen molar-refractivity contribution in [1.29, 1.82) is 0 Å².